The lowest BCUT2D eigenvalue weighted by Crippen LogP contribution is -2.48. The molecule has 1 fully saturated rings. The molecular weight excluding hydrogens is 530 g/mol. The van der Waals surface area contributed by atoms with Crippen molar-refractivity contribution in [2.24, 2.45) is 0 Å². The Morgan fingerprint density at radius 2 is 1.73 bits per heavy atom. The molecule has 9 nitrogen and oxygen atoms in total. The van der Waals surface area contributed by atoms with Crippen LogP contribution in [0.1, 0.15) is 43.7 Å². The minimum atomic E-state index is -0.995. The number of carbonyl (C=O) groups is 2. The number of benzene rings is 3. The molecule has 10 heteroatoms. The molecule has 4 aromatic rings. The van der Waals surface area contributed by atoms with Crippen LogP contribution in [0.25, 0.3) is 11.0 Å². The molecule has 0 radical (unpaired) electrons. The molecule has 0 bridgehead atoms. The van der Waals surface area contributed by atoms with Crippen LogP contribution < -0.4 is 19.7 Å². The third-order valence-electron chi connectivity index (χ3n) is 7.26. The van der Waals surface area contributed by atoms with Crippen molar-refractivity contribution in [1.29, 1.82) is 0 Å². The van der Waals surface area contributed by atoms with Crippen molar-refractivity contribution in [2.75, 3.05) is 19.1 Å². The standard InChI is InChI=1S/C30H32ClN5O4/c1-39-26-17-12-20(18-27(26)40-2)29(30(38)32-22-8-4-3-5-9-22)36(23-15-13-21(31)14-16-23)28(37)19-35-25-11-7-6-10-24(25)33-34-35/h6-7,10-18,22,29H,3-5,8-9,19H2,1-2H3,(H,32,38)/t29-/m1/s1. The molecule has 1 atom stereocenters. The molecule has 1 saturated carbocycles. The van der Waals surface area contributed by atoms with Crippen LogP contribution in [0.3, 0.4) is 0 Å². The van der Waals surface area contributed by atoms with Crippen molar-refractivity contribution >= 4 is 40.1 Å². The summed E-state index contributed by atoms with van der Waals surface area (Å²) < 4.78 is 12.5. The summed E-state index contributed by atoms with van der Waals surface area (Å²) in [5.41, 5.74) is 2.51. The number of halogens is 1. The molecule has 1 aliphatic carbocycles. The molecule has 2 amide bonds. The number of hydrogen-bond donors (Lipinski definition) is 1. The Morgan fingerprint density at radius 3 is 2.45 bits per heavy atom. The highest BCUT2D eigenvalue weighted by Gasteiger charge is 2.35. The van der Waals surface area contributed by atoms with Crippen molar-refractivity contribution in [3.05, 3.63) is 77.3 Å². The summed E-state index contributed by atoms with van der Waals surface area (Å²) in [4.78, 5) is 29.8. The van der Waals surface area contributed by atoms with E-state index in [1.807, 2.05) is 24.3 Å². The van der Waals surface area contributed by atoms with E-state index >= 15 is 0 Å². The minimum Gasteiger partial charge on any atom is -0.493 e. The number of nitrogens with one attached hydrogen (secondary N) is 1. The summed E-state index contributed by atoms with van der Waals surface area (Å²) in [5.74, 6) is 0.375. The van der Waals surface area contributed by atoms with Gasteiger partial charge in [-0.3, -0.25) is 14.5 Å². The SMILES string of the molecule is COc1ccc([C@H](C(=O)NC2CCCCC2)N(C(=O)Cn2nnc3ccccc32)c2ccc(Cl)cc2)cc1OC. The largest absolute Gasteiger partial charge is 0.493 e. The molecule has 0 unspecified atom stereocenters. The number of para-hydroxylation sites is 1. The molecule has 40 heavy (non-hydrogen) atoms. The third kappa shape index (κ3) is 5.89. The Kier molecular flexibility index (Phi) is 8.50. The Hall–Kier alpha value is -4.11. The van der Waals surface area contributed by atoms with Gasteiger partial charge < -0.3 is 14.8 Å². The number of hydrogen-bond acceptors (Lipinski definition) is 6. The van der Waals surface area contributed by atoms with Gasteiger partial charge in [-0.25, -0.2) is 4.68 Å². The van der Waals surface area contributed by atoms with E-state index in [-0.39, 0.29) is 24.4 Å². The predicted octanol–water partition coefficient (Wildman–Crippen LogP) is 5.33. The van der Waals surface area contributed by atoms with Crippen molar-refractivity contribution in [3.63, 3.8) is 0 Å². The van der Waals surface area contributed by atoms with Crippen LogP contribution in [-0.4, -0.2) is 47.1 Å². The third-order valence-corrected chi connectivity index (χ3v) is 7.51. The van der Waals surface area contributed by atoms with Crippen LogP contribution in [-0.2, 0) is 16.1 Å². The van der Waals surface area contributed by atoms with E-state index in [2.05, 4.69) is 15.6 Å². The monoisotopic (exact) mass is 561 g/mol. The average Bonchev–Trinajstić information content (AvgIpc) is 3.39. The van der Waals surface area contributed by atoms with Gasteiger partial charge in [-0.2, -0.15) is 0 Å². The Labute approximate surface area is 238 Å². The van der Waals surface area contributed by atoms with Gasteiger partial charge in [0.25, 0.3) is 0 Å². The number of carbonyl (C=O) groups excluding carboxylic acids is 2. The first-order valence-electron chi connectivity index (χ1n) is 13.4. The zero-order valence-corrected chi connectivity index (χ0v) is 23.3. The number of methoxy groups -OCH3 is 2. The van der Waals surface area contributed by atoms with Gasteiger partial charge in [-0.15, -0.1) is 5.10 Å². The lowest BCUT2D eigenvalue weighted by Gasteiger charge is -2.33. The number of fused-ring (bicyclic) bond motifs is 1. The molecule has 1 aromatic heterocycles. The van der Waals surface area contributed by atoms with Crippen LogP contribution >= 0.6 is 11.6 Å². The van der Waals surface area contributed by atoms with Gasteiger partial charge in [0, 0.05) is 16.8 Å². The highest BCUT2D eigenvalue weighted by atomic mass is 35.5. The fourth-order valence-corrected chi connectivity index (χ4v) is 5.37. The van der Waals surface area contributed by atoms with E-state index in [4.69, 9.17) is 21.1 Å². The molecule has 208 valence electrons. The van der Waals surface area contributed by atoms with Crippen molar-refractivity contribution in [2.45, 2.75) is 50.7 Å². The highest BCUT2D eigenvalue weighted by molar-refractivity contribution is 6.30. The molecule has 1 N–H and O–H groups in total. The van der Waals surface area contributed by atoms with Crippen LogP contribution in [0, 0.1) is 0 Å². The topological polar surface area (TPSA) is 98.6 Å². The summed E-state index contributed by atoms with van der Waals surface area (Å²) in [6.45, 7) is -0.121. The quantitative estimate of drug-likeness (QED) is 0.297. The van der Waals surface area contributed by atoms with E-state index in [0.29, 0.717) is 33.3 Å². The molecule has 0 saturated heterocycles. The molecular formula is C30H32ClN5O4. The second kappa shape index (κ2) is 12.4. The maximum Gasteiger partial charge on any atom is 0.249 e. The van der Waals surface area contributed by atoms with Gasteiger partial charge in [-0.1, -0.05) is 54.3 Å². The predicted molar refractivity (Wildman–Crippen MR) is 154 cm³/mol. The number of anilines is 1. The van der Waals surface area contributed by atoms with Gasteiger partial charge in [0.1, 0.15) is 18.1 Å². The van der Waals surface area contributed by atoms with Crippen molar-refractivity contribution < 1.29 is 19.1 Å². The molecule has 0 spiro atoms. The second-order valence-electron chi connectivity index (χ2n) is 9.84. The molecule has 1 aliphatic rings. The molecule has 3 aromatic carbocycles. The zero-order chi connectivity index (χ0) is 28.1. The Balaban J connectivity index is 1.59. The first-order chi connectivity index (χ1) is 19.5. The Bertz CT molecular complexity index is 1480. The van der Waals surface area contributed by atoms with E-state index in [1.165, 1.54) is 12.0 Å². The number of nitrogens with zero attached hydrogens (tertiary/aromatic N) is 4. The van der Waals surface area contributed by atoms with Gasteiger partial charge in [0.15, 0.2) is 11.5 Å². The molecule has 0 aliphatic heterocycles. The van der Waals surface area contributed by atoms with E-state index in [9.17, 15) is 9.59 Å². The lowest BCUT2D eigenvalue weighted by molar-refractivity contribution is -0.127. The van der Waals surface area contributed by atoms with E-state index < -0.39 is 6.04 Å². The van der Waals surface area contributed by atoms with Crippen molar-refractivity contribution in [3.8, 4) is 11.5 Å². The number of amides is 2. The van der Waals surface area contributed by atoms with Crippen LogP contribution in [0.15, 0.2) is 66.7 Å². The number of rotatable bonds is 9. The molecule has 5 rings (SSSR count). The fraction of sp³-hybridized carbons (Fsp3) is 0.333. The first-order valence-corrected chi connectivity index (χ1v) is 13.7. The summed E-state index contributed by atoms with van der Waals surface area (Å²) in [5, 5.41) is 12.1. The minimum absolute atomic E-state index is 0.0466. The maximum absolute atomic E-state index is 14.2. The van der Waals surface area contributed by atoms with Crippen LogP contribution in [0.2, 0.25) is 5.02 Å². The fourth-order valence-electron chi connectivity index (χ4n) is 5.24. The van der Waals surface area contributed by atoms with Crippen LogP contribution in [0.4, 0.5) is 5.69 Å². The van der Waals surface area contributed by atoms with Gasteiger partial charge in [0.05, 0.1) is 19.7 Å². The summed E-state index contributed by atoms with van der Waals surface area (Å²) >= 11 is 6.20. The van der Waals surface area contributed by atoms with E-state index in [1.54, 1.807) is 54.3 Å². The lowest BCUT2D eigenvalue weighted by atomic mass is 9.94. The Morgan fingerprint density at radius 1 is 1.00 bits per heavy atom. The maximum atomic E-state index is 14.2. The molecule has 1 heterocycles. The summed E-state index contributed by atoms with van der Waals surface area (Å²) in [6, 6.07) is 18.6. The van der Waals surface area contributed by atoms with Gasteiger partial charge in [0.2, 0.25) is 11.8 Å². The summed E-state index contributed by atoms with van der Waals surface area (Å²) in [7, 11) is 3.09. The number of aromatic nitrogens is 3. The first kappa shape index (κ1) is 27.5. The van der Waals surface area contributed by atoms with E-state index in [0.717, 1.165) is 37.6 Å². The average molecular weight is 562 g/mol. The van der Waals surface area contributed by atoms with Gasteiger partial charge in [-0.05, 0) is 66.9 Å². The van der Waals surface area contributed by atoms with Gasteiger partial charge >= 0.3 is 0 Å². The summed E-state index contributed by atoms with van der Waals surface area (Å²) in [6.07, 6.45) is 5.09. The zero-order valence-electron chi connectivity index (χ0n) is 22.5. The normalized spacial score (nSPS) is 14.5. The van der Waals surface area contributed by atoms with Crippen LogP contribution in [0.5, 0.6) is 11.5 Å². The second-order valence-corrected chi connectivity index (χ2v) is 10.3. The highest BCUT2D eigenvalue weighted by Crippen LogP contribution is 2.35. The number of ether oxygens (including phenoxy) is 2. The smallest absolute Gasteiger partial charge is 0.249 e. The van der Waals surface area contributed by atoms with Crippen molar-refractivity contribution in [1.82, 2.24) is 20.3 Å².